The van der Waals surface area contributed by atoms with Crippen molar-refractivity contribution in [3.05, 3.63) is 36.0 Å². The first-order valence-electron chi connectivity index (χ1n) is 10.5. The van der Waals surface area contributed by atoms with E-state index in [0.29, 0.717) is 11.5 Å². The van der Waals surface area contributed by atoms with Crippen LogP contribution in [0.1, 0.15) is 57.9 Å². The number of benzene rings is 1. The van der Waals surface area contributed by atoms with Crippen molar-refractivity contribution in [2.45, 2.75) is 71.5 Å². The molecule has 1 aromatic carbocycles. The third-order valence-corrected chi connectivity index (χ3v) is 7.81. The van der Waals surface area contributed by atoms with Crippen LogP contribution >= 0.6 is 0 Å². The van der Waals surface area contributed by atoms with E-state index in [1.54, 1.807) is 0 Å². The number of fused-ring (bicyclic) bond motifs is 1. The minimum absolute atomic E-state index is 0.595. The second-order valence-electron chi connectivity index (χ2n) is 9.34. The molecule has 2 heteroatoms. The largest absolute Gasteiger partial charge is 0.347 e. The molecule has 25 heavy (non-hydrogen) atoms. The summed E-state index contributed by atoms with van der Waals surface area (Å²) < 4.78 is 2.39. The molecular weight excluding hydrogens is 304 g/mol. The molecule has 0 spiro atoms. The van der Waals surface area contributed by atoms with Gasteiger partial charge < -0.3 is 9.88 Å². The van der Waals surface area contributed by atoms with Crippen molar-refractivity contribution in [3.8, 4) is 0 Å². The number of rotatable bonds is 5. The first-order chi connectivity index (χ1) is 12.2. The normalized spacial score (nSPS) is 34.7. The zero-order valence-corrected chi connectivity index (χ0v) is 15.8. The maximum absolute atomic E-state index is 3.97. The average Bonchev–Trinajstić information content (AvgIpc) is 2.96. The lowest BCUT2D eigenvalue weighted by Gasteiger charge is -2.59. The molecule has 4 bridgehead atoms. The van der Waals surface area contributed by atoms with Crippen molar-refractivity contribution < 1.29 is 0 Å². The maximum Gasteiger partial charge on any atom is 0.0483 e. The Morgan fingerprint density at radius 3 is 2.36 bits per heavy atom. The monoisotopic (exact) mass is 336 g/mol. The smallest absolute Gasteiger partial charge is 0.0483 e. The van der Waals surface area contributed by atoms with Crippen LogP contribution in [-0.4, -0.2) is 10.6 Å². The van der Waals surface area contributed by atoms with Gasteiger partial charge in [-0.25, -0.2) is 0 Å². The molecule has 134 valence electrons. The van der Waals surface area contributed by atoms with Gasteiger partial charge in [-0.2, -0.15) is 0 Å². The van der Waals surface area contributed by atoms with Crippen molar-refractivity contribution in [2.24, 2.45) is 23.2 Å². The van der Waals surface area contributed by atoms with Crippen molar-refractivity contribution >= 4 is 10.9 Å². The predicted molar refractivity (Wildman–Crippen MR) is 105 cm³/mol. The highest BCUT2D eigenvalue weighted by Gasteiger charge is 2.52. The summed E-state index contributed by atoms with van der Waals surface area (Å²) in [6.45, 7) is 6.77. The second-order valence-corrected chi connectivity index (χ2v) is 9.34. The summed E-state index contributed by atoms with van der Waals surface area (Å²) in [7, 11) is 0. The average molecular weight is 337 g/mol. The standard InChI is InChI=1S/C23H32N2/c1-3-25-15-20(21-6-4-5-7-22(21)25)14-24-16(2)23-11-17-8-18(12-23)10-19(9-17)13-23/h4-7,15-19,24H,3,8-14H2,1-2H3/t16-,17?,18?,19?,23?/m1/s1. The van der Waals surface area contributed by atoms with E-state index in [2.05, 4.69) is 54.2 Å². The Morgan fingerprint density at radius 1 is 1.08 bits per heavy atom. The molecule has 0 saturated heterocycles. The van der Waals surface area contributed by atoms with Crippen molar-refractivity contribution in [1.29, 1.82) is 0 Å². The van der Waals surface area contributed by atoms with E-state index in [1.807, 2.05) is 0 Å². The van der Waals surface area contributed by atoms with Crippen LogP contribution in [0.3, 0.4) is 0 Å². The predicted octanol–water partition coefficient (Wildman–Crippen LogP) is 5.36. The summed E-state index contributed by atoms with van der Waals surface area (Å²) in [6, 6.07) is 9.52. The Labute approximate surface area is 152 Å². The van der Waals surface area contributed by atoms with E-state index in [0.717, 1.165) is 30.8 Å². The lowest BCUT2D eigenvalue weighted by molar-refractivity contribution is -0.0706. The molecule has 1 atom stereocenters. The fourth-order valence-electron chi connectivity index (χ4n) is 6.91. The Hall–Kier alpha value is -1.28. The van der Waals surface area contributed by atoms with E-state index >= 15 is 0 Å². The van der Waals surface area contributed by atoms with Crippen molar-refractivity contribution in [2.75, 3.05) is 0 Å². The molecule has 4 aliphatic carbocycles. The summed E-state index contributed by atoms with van der Waals surface area (Å²) in [5.41, 5.74) is 3.44. The van der Waals surface area contributed by atoms with Crippen LogP contribution in [0.5, 0.6) is 0 Å². The number of hydrogen-bond donors (Lipinski definition) is 1. The Bertz CT molecular complexity index is 736. The van der Waals surface area contributed by atoms with Gasteiger partial charge in [-0.3, -0.25) is 0 Å². The summed E-state index contributed by atoms with van der Waals surface area (Å²) in [5, 5.41) is 5.40. The van der Waals surface area contributed by atoms with Gasteiger partial charge in [0.2, 0.25) is 0 Å². The number of hydrogen-bond acceptors (Lipinski definition) is 1. The Morgan fingerprint density at radius 2 is 1.72 bits per heavy atom. The Balaban J connectivity index is 1.35. The summed E-state index contributed by atoms with van der Waals surface area (Å²) in [6.07, 6.45) is 11.4. The number of aryl methyl sites for hydroxylation is 1. The highest BCUT2D eigenvalue weighted by atomic mass is 15.0. The third-order valence-electron chi connectivity index (χ3n) is 7.81. The lowest BCUT2D eigenvalue weighted by atomic mass is 9.48. The van der Waals surface area contributed by atoms with Crippen LogP contribution in [0, 0.1) is 23.2 Å². The molecule has 1 aromatic heterocycles. The quantitative estimate of drug-likeness (QED) is 0.778. The van der Waals surface area contributed by atoms with Gasteiger partial charge in [0.1, 0.15) is 0 Å². The van der Waals surface area contributed by atoms with Gasteiger partial charge in [-0.05, 0) is 87.2 Å². The topological polar surface area (TPSA) is 17.0 Å². The van der Waals surface area contributed by atoms with Crippen LogP contribution in [0.2, 0.25) is 0 Å². The van der Waals surface area contributed by atoms with Crippen LogP contribution in [0.15, 0.2) is 30.5 Å². The first kappa shape index (κ1) is 15.9. The van der Waals surface area contributed by atoms with Crippen molar-refractivity contribution in [3.63, 3.8) is 0 Å². The van der Waals surface area contributed by atoms with E-state index in [1.165, 1.54) is 55.0 Å². The number of para-hydroxylation sites is 1. The Kier molecular flexibility index (Phi) is 3.74. The van der Waals surface area contributed by atoms with Crippen molar-refractivity contribution in [1.82, 2.24) is 9.88 Å². The number of aromatic nitrogens is 1. The molecule has 0 aliphatic heterocycles. The molecule has 4 saturated carbocycles. The summed E-state index contributed by atoms with van der Waals surface area (Å²) >= 11 is 0. The summed E-state index contributed by atoms with van der Waals surface area (Å²) in [5.74, 6) is 3.12. The van der Waals surface area contributed by atoms with Gasteiger partial charge in [0.25, 0.3) is 0 Å². The summed E-state index contributed by atoms with van der Waals surface area (Å²) in [4.78, 5) is 0. The molecule has 1 heterocycles. The van der Waals surface area contributed by atoms with Gasteiger partial charge >= 0.3 is 0 Å². The molecular formula is C23H32N2. The van der Waals surface area contributed by atoms with Crippen LogP contribution < -0.4 is 5.32 Å². The number of nitrogens with one attached hydrogen (secondary N) is 1. The molecule has 0 amide bonds. The second kappa shape index (κ2) is 5.87. The third kappa shape index (κ3) is 2.56. The molecule has 4 fully saturated rings. The minimum atomic E-state index is 0.595. The molecule has 6 rings (SSSR count). The van der Waals surface area contributed by atoms with E-state index in [-0.39, 0.29) is 0 Å². The van der Waals surface area contributed by atoms with E-state index in [4.69, 9.17) is 0 Å². The fourth-order valence-corrected chi connectivity index (χ4v) is 6.91. The molecule has 2 aromatic rings. The van der Waals surface area contributed by atoms with Crippen LogP contribution in [0.4, 0.5) is 0 Å². The van der Waals surface area contributed by atoms with Gasteiger partial charge in [0.05, 0.1) is 0 Å². The van der Waals surface area contributed by atoms with Gasteiger partial charge in [0.15, 0.2) is 0 Å². The maximum atomic E-state index is 3.97. The van der Waals surface area contributed by atoms with Gasteiger partial charge in [0, 0.05) is 36.2 Å². The lowest BCUT2D eigenvalue weighted by Crippen LogP contribution is -2.54. The molecule has 0 radical (unpaired) electrons. The minimum Gasteiger partial charge on any atom is -0.347 e. The highest BCUT2D eigenvalue weighted by Crippen LogP contribution is 2.61. The van der Waals surface area contributed by atoms with E-state index in [9.17, 15) is 0 Å². The highest BCUT2D eigenvalue weighted by molar-refractivity contribution is 5.83. The van der Waals surface area contributed by atoms with Gasteiger partial charge in [-0.15, -0.1) is 0 Å². The molecule has 2 nitrogen and oxygen atoms in total. The first-order valence-corrected chi connectivity index (χ1v) is 10.5. The fraction of sp³-hybridized carbons (Fsp3) is 0.652. The van der Waals surface area contributed by atoms with Crippen LogP contribution in [-0.2, 0) is 13.1 Å². The molecule has 1 N–H and O–H groups in total. The SMILES string of the molecule is CCn1cc(CN[C@H](C)C23CC4CC(CC(C4)C2)C3)c2ccccc21. The van der Waals surface area contributed by atoms with Gasteiger partial charge in [-0.1, -0.05) is 18.2 Å². The van der Waals surface area contributed by atoms with E-state index < -0.39 is 0 Å². The van der Waals surface area contributed by atoms with Crippen LogP contribution in [0.25, 0.3) is 10.9 Å². The zero-order valence-electron chi connectivity index (χ0n) is 15.8. The molecule has 4 aliphatic rings. The zero-order chi connectivity index (χ0) is 17.0. The number of nitrogens with zero attached hydrogens (tertiary/aromatic N) is 1. The molecule has 0 unspecified atom stereocenters.